The Kier molecular flexibility index (Phi) is 5.28. The van der Waals surface area contributed by atoms with Gasteiger partial charge in [-0.05, 0) is 49.6 Å². The molecule has 116 valence electrons. The fourth-order valence-corrected chi connectivity index (χ4v) is 2.12. The second-order valence-electron chi connectivity index (χ2n) is 5.67. The zero-order chi connectivity index (χ0) is 16.0. The van der Waals surface area contributed by atoms with Gasteiger partial charge < -0.3 is 10.4 Å². The summed E-state index contributed by atoms with van der Waals surface area (Å²) in [7, 11) is 0. The molecule has 22 heavy (non-hydrogen) atoms. The largest absolute Gasteiger partial charge is 0.388 e. The van der Waals surface area contributed by atoms with Gasteiger partial charge >= 0.3 is 0 Å². The van der Waals surface area contributed by atoms with E-state index < -0.39 is 5.60 Å². The molecular weight excluding hydrogens is 281 g/mol. The first-order valence-electron chi connectivity index (χ1n) is 7.26. The van der Waals surface area contributed by atoms with Crippen molar-refractivity contribution in [3.8, 4) is 0 Å². The Bertz CT molecular complexity index is 609. The molecule has 0 fully saturated rings. The maximum Gasteiger partial charge on any atom is 0.251 e. The third-order valence-corrected chi connectivity index (χ3v) is 3.53. The number of rotatable bonds is 6. The van der Waals surface area contributed by atoms with E-state index in [0.29, 0.717) is 12.0 Å². The molecular formula is C18H20FNO2. The first kappa shape index (κ1) is 16.2. The number of amides is 1. The standard InChI is InChI=1S/C18H20FNO2/c1-18(22,12-11-14-5-3-2-4-6-14)13-20-17(21)15-7-9-16(19)10-8-15/h2-10,22H,11-13H2,1H3,(H,20,21)/t18-/m0/s1. The van der Waals surface area contributed by atoms with Gasteiger partial charge in [0, 0.05) is 12.1 Å². The van der Waals surface area contributed by atoms with E-state index in [1.807, 2.05) is 30.3 Å². The Hall–Kier alpha value is -2.20. The van der Waals surface area contributed by atoms with Crippen LogP contribution in [0.1, 0.15) is 29.3 Å². The van der Waals surface area contributed by atoms with E-state index in [1.165, 1.54) is 24.3 Å². The van der Waals surface area contributed by atoms with Crippen LogP contribution >= 0.6 is 0 Å². The summed E-state index contributed by atoms with van der Waals surface area (Å²) in [4.78, 5) is 11.9. The van der Waals surface area contributed by atoms with Gasteiger partial charge in [0.15, 0.2) is 0 Å². The first-order valence-corrected chi connectivity index (χ1v) is 7.26. The Labute approximate surface area is 129 Å². The third-order valence-electron chi connectivity index (χ3n) is 3.53. The minimum Gasteiger partial charge on any atom is -0.388 e. The van der Waals surface area contributed by atoms with Gasteiger partial charge in [-0.25, -0.2) is 4.39 Å². The molecule has 0 aliphatic carbocycles. The van der Waals surface area contributed by atoms with Crippen molar-refractivity contribution in [1.82, 2.24) is 5.32 Å². The summed E-state index contributed by atoms with van der Waals surface area (Å²) in [5.41, 5.74) is 0.527. The lowest BCUT2D eigenvalue weighted by Gasteiger charge is -2.23. The maximum absolute atomic E-state index is 12.8. The highest BCUT2D eigenvalue weighted by atomic mass is 19.1. The van der Waals surface area contributed by atoms with E-state index >= 15 is 0 Å². The van der Waals surface area contributed by atoms with Gasteiger partial charge in [-0.15, -0.1) is 0 Å². The third kappa shape index (κ3) is 4.97. The number of aryl methyl sites for hydroxylation is 1. The Morgan fingerprint density at radius 2 is 1.77 bits per heavy atom. The van der Waals surface area contributed by atoms with Crippen molar-refractivity contribution >= 4 is 5.91 Å². The van der Waals surface area contributed by atoms with Crippen molar-refractivity contribution in [3.05, 3.63) is 71.5 Å². The van der Waals surface area contributed by atoms with E-state index in [9.17, 15) is 14.3 Å². The number of carbonyl (C=O) groups excluding carboxylic acids is 1. The summed E-state index contributed by atoms with van der Waals surface area (Å²) in [6.45, 7) is 1.84. The van der Waals surface area contributed by atoms with Crippen molar-refractivity contribution in [3.63, 3.8) is 0 Å². The Balaban J connectivity index is 1.83. The molecule has 1 amide bonds. The molecule has 0 radical (unpaired) electrons. The molecule has 2 rings (SSSR count). The molecule has 0 unspecified atom stereocenters. The van der Waals surface area contributed by atoms with E-state index in [-0.39, 0.29) is 18.3 Å². The number of nitrogens with one attached hydrogen (secondary N) is 1. The van der Waals surface area contributed by atoms with E-state index in [1.54, 1.807) is 6.92 Å². The molecule has 0 bridgehead atoms. The van der Waals surface area contributed by atoms with Crippen LogP contribution in [-0.4, -0.2) is 23.2 Å². The molecule has 0 aliphatic rings. The van der Waals surface area contributed by atoms with Gasteiger partial charge in [-0.3, -0.25) is 4.79 Å². The predicted octanol–water partition coefficient (Wildman–Crippen LogP) is 2.94. The van der Waals surface area contributed by atoms with Crippen LogP contribution in [0, 0.1) is 5.82 Å². The number of hydrogen-bond acceptors (Lipinski definition) is 2. The summed E-state index contributed by atoms with van der Waals surface area (Å²) in [6, 6.07) is 15.2. The molecule has 2 aromatic rings. The van der Waals surface area contributed by atoms with E-state index in [2.05, 4.69) is 5.32 Å². The molecule has 2 N–H and O–H groups in total. The lowest BCUT2D eigenvalue weighted by atomic mass is 9.96. The summed E-state index contributed by atoms with van der Waals surface area (Å²) in [6.07, 6.45) is 1.28. The van der Waals surface area contributed by atoms with Gasteiger partial charge in [0.2, 0.25) is 0 Å². The number of benzene rings is 2. The van der Waals surface area contributed by atoms with Crippen LogP contribution in [-0.2, 0) is 6.42 Å². The maximum atomic E-state index is 12.8. The number of aliphatic hydroxyl groups is 1. The summed E-state index contributed by atoms with van der Waals surface area (Å²) in [5.74, 6) is -0.702. The van der Waals surface area contributed by atoms with Crippen LogP contribution in [0.3, 0.4) is 0 Å². The highest BCUT2D eigenvalue weighted by Gasteiger charge is 2.21. The molecule has 1 atom stereocenters. The van der Waals surface area contributed by atoms with Gasteiger partial charge in [-0.1, -0.05) is 30.3 Å². The van der Waals surface area contributed by atoms with Crippen molar-refractivity contribution < 1.29 is 14.3 Å². The SMILES string of the molecule is C[C@](O)(CCc1ccccc1)CNC(=O)c1ccc(F)cc1. The number of carbonyl (C=O) groups is 1. The minimum atomic E-state index is -0.995. The van der Waals surface area contributed by atoms with Crippen molar-refractivity contribution in [2.75, 3.05) is 6.54 Å². The Morgan fingerprint density at radius 1 is 1.14 bits per heavy atom. The average molecular weight is 301 g/mol. The molecule has 0 saturated carbocycles. The lowest BCUT2D eigenvalue weighted by molar-refractivity contribution is 0.0478. The van der Waals surface area contributed by atoms with Gasteiger partial charge in [0.05, 0.1) is 5.60 Å². The minimum absolute atomic E-state index is 0.149. The van der Waals surface area contributed by atoms with Crippen molar-refractivity contribution in [2.24, 2.45) is 0 Å². The quantitative estimate of drug-likeness (QED) is 0.862. The fraction of sp³-hybridized carbons (Fsp3) is 0.278. The smallest absolute Gasteiger partial charge is 0.251 e. The summed E-state index contributed by atoms with van der Waals surface area (Å²) < 4.78 is 12.8. The van der Waals surface area contributed by atoms with Crippen LogP contribution in [0.5, 0.6) is 0 Å². The van der Waals surface area contributed by atoms with Gasteiger partial charge in [0.25, 0.3) is 5.91 Å². The van der Waals surface area contributed by atoms with Gasteiger partial charge in [-0.2, -0.15) is 0 Å². The molecule has 3 nitrogen and oxygen atoms in total. The van der Waals surface area contributed by atoms with E-state index in [0.717, 1.165) is 12.0 Å². The average Bonchev–Trinajstić information content (AvgIpc) is 2.53. The lowest BCUT2D eigenvalue weighted by Crippen LogP contribution is -2.41. The zero-order valence-electron chi connectivity index (χ0n) is 12.6. The van der Waals surface area contributed by atoms with E-state index in [4.69, 9.17) is 0 Å². The molecule has 0 heterocycles. The highest BCUT2D eigenvalue weighted by molar-refractivity contribution is 5.94. The molecule has 0 spiro atoms. The molecule has 2 aromatic carbocycles. The van der Waals surface area contributed by atoms with Crippen molar-refractivity contribution in [2.45, 2.75) is 25.4 Å². The second-order valence-corrected chi connectivity index (χ2v) is 5.67. The first-order chi connectivity index (χ1) is 10.5. The summed E-state index contributed by atoms with van der Waals surface area (Å²) in [5, 5.41) is 13.0. The number of hydrogen-bond donors (Lipinski definition) is 2. The van der Waals surface area contributed by atoms with Crippen LogP contribution in [0.15, 0.2) is 54.6 Å². The second kappa shape index (κ2) is 7.18. The zero-order valence-corrected chi connectivity index (χ0v) is 12.6. The predicted molar refractivity (Wildman–Crippen MR) is 84.1 cm³/mol. The van der Waals surface area contributed by atoms with Gasteiger partial charge in [0.1, 0.15) is 5.82 Å². The molecule has 0 aliphatic heterocycles. The van der Waals surface area contributed by atoms with Crippen LogP contribution in [0.4, 0.5) is 4.39 Å². The van der Waals surface area contributed by atoms with Crippen LogP contribution < -0.4 is 5.32 Å². The Morgan fingerprint density at radius 3 is 2.41 bits per heavy atom. The number of halogens is 1. The topological polar surface area (TPSA) is 49.3 Å². The normalized spacial score (nSPS) is 13.4. The van der Waals surface area contributed by atoms with Crippen LogP contribution in [0.25, 0.3) is 0 Å². The van der Waals surface area contributed by atoms with Crippen molar-refractivity contribution in [1.29, 1.82) is 0 Å². The van der Waals surface area contributed by atoms with Crippen LogP contribution in [0.2, 0.25) is 0 Å². The molecule has 0 saturated heterocycles. The molecule has 0 aromatic heterocycles. The molecule has 4 heteroatoms. The summed E-state index contributed by atoms with van der Waals surface area (Å²) >= 11 is 0. The highest BCUT2D eigenvalue weighted by Crippen LogP contribution is 2.13. The fourth-order valence-electron chi connectivity index (χ4n) is 2.12. The monoisotopic (exact) mass is 301 g/mol.